The van der Waals surface area contributed by atoms with Crippen molar-refractivity contribution in [3.63, 3.8) is 0 Å². The van der Waals surface area contributed by atoms with Gasteiger partial charge in [-0.15, -0.1) is 0 Å². The Morgan fingerprint density at radius 1 is 1.44 bits per heavy atom. The summed E-state index contributed by atoms with van der Waals surface area (Å²) < 4.78 is 5.33. The third kappa shape index (κ3) is 2.48. The molecule has 0 unspecified atom stereocenters. The molecular formula is C12H13N3O3. The van der Waals surface area contributed by atoms with Crippen LogP contribution in [0.25, 0.3) is 0 Å². The molecule has 0 radical (unpaired) electrons. The molecule has 94 valence electrons. The zero-order chi connectivity index (χ0) is 13.1. The quantitative estimate of drug-likeness (QED) is 0.886. The number of carbonyl (C=O) groups is 1. The molecule has 0 aliphatic rings. The summed E-state index contributed by atoms with van der Waals surface area (Å²) >= 11 is 0. The number of furan rings is 1. The normalized spacial score (nSPS) is 10.3. The summed E-state index contributed by atoms with van der Waals surface area (Å²) in [6.45, 7) is 2.52. The lowest BCUT2D eigenvalue weighted by molar-refractivity contribution is 0.0690. The highest BCUT2D eigenvalue weighted by molar-refractivity contribution is 5.84. The van der Waals surface area contributed by atoms with E-state index in [1.54, 1.807) is 6.26 Å². The van der Waals surface area contributed by atoms with Gasteiger partial charge in [-0.2, -0.15) is 0 Å². The van der Waals surface area contributed by atoms with Gasteiger partial charge in [0, 0.05) is 7.05 Å². The first-order valence-electron chi connectivity index (χ1n) is 5.37. The molecule has 2 heterocycles. The molecule has 0 saturated heterocycles. The van der Waals surface area contributed by atoms with E-state index in [1.165, 1.54) is 12.4 Å². The van der Waals surface area contributed by atoms with Crippen LogP contribution in [0.1, 0.15) is 21.8 Å². The van der Waals surface area contributed by atoms with Gasteiger partial charge in [0.1, 0.15) is 11.6 Å². The van der Waals surface area contributed by atoms with Crippen LogP contribution in [0.3, 0.4) is 0 Å². The lowest BCUT2D eigenvalue weighted by Gasteiger charge is -2.16. The summed E-state index contributed by atoms with van der Waals surface area (Å²) in [6.07, 6.45) is 4.31. The fourth-order valence-corrected chi connectivity index (χ4v) is 1.49. The Kier molecular flexibility index (Phi) is 3.27. The largest absolute Gasteiger partial charge is 0.476 e. The molecule has 1 N–H and O–H groups in total. The van der Waals surface area contributed by atoms with E-state index in [2.05, 4.69) is 9.97 Å². The Bertz CT molecular complexity index is 548. The van der Waals surface area contributed by atoms with Crippen molar-refractivity contribution in [2.24, 2.45) is 0 Å². The summed E-state index contributed by atoms with van der Waals surface area (Å²) in [6, 6.07) is 1.89. The van der Waals surface area contributed by atoms with Crippen molar-refractivity contribution in [1.29, 1.82) is 0 Å². The number of aryl methyl sites for hydroxylation is 1. The topological polar surface area (TPSA) is 79.5 Å². The Hall–Kier alpha value is -2.37. The lowest BCUT2D eigenvalue weighted by Crippen LogP contribution is -2.18. The van der Waals surface area contributed by atoms with E-state index >= 15 is 0 Å². The van der Waals surface area contributed by atoms with E-state index in [9.17, 15) is 4.79 Å². The van der Waals surface area contributed by atoms with Crippen molar-refractivity contribution in [3.8, 4) is 0 Å². The van der Waals surface area contributed by atoms with E-state index in [0.717, 1.165) is 11.3 Å². The van der Waals surface area contributed by atoms with Crippen molar-refractivity contribution < 1.29 is 14.3 Å². The van der Waals surface area contributed by atoms with Gasteiger partial charge in [0.2, 0.25) is 0 Å². The summed E-state index contributed by atoms with van der Waals surface area (Å²) in [5.41, 5.74) is 0.998. The van der Waals surface area contributed by atoms with Crippen LogP contribution in [0.15, 0.2) is 29.1 Å². The first-order chi connectivity index (χ1) is 8.58. The summed E-state index contributed by atoms with van der Waals surface area (Å²) in [7, 11) is 1.84. The summed E-state index contributed by atoms with van der Waals surface area (Å²) in [5, 5.41) is 8.73. The van der Waals surface area contributed by atoms with E-state index in [-0.39, 0.29) is 5.69 Å². The van der Waals surface area contributed by atoms with Gasteiger partial charge in [0.25, 0.3) is 0 Å². The van der Waals surface area contributed by atoms with Crippen molar-refractivity contribution in [2.75, 3.05) is 11.9 Å². The number of aromatic nitrogens is 2. The number of hydrogen-bond acceptors (Lipinski definition) is 5. The Morgan fingerprint density at radius 2 is 2.22 bits per heavy atom. The highest BCUT2D eigenvalue weighted by Crippen LogP contribution is 2.15. The standard InChI is InChI=1S/C12H13N3O3/c1-8-3-4-18-10(8)7-15(2)11-6-13-9(5-14-11)12(16)17/h3-6H,7H2,1-2H3,(H,16,17). The van der Waals surface area contributed by atoms with Crippen LogP contribution in [0, 0.1) is 6.92 Å². The van der Waals surface area contributed by atoms with Crippen molar-refractivity contribution in [3.05, 3.63) is 41.7 Å². The fraction of sp³-hybridized carbons (Fsp3) is 0.250. The Morgan fingerprint density at radius 3 is 2.72 bits per heavy atom. The molecule has 0 aromatic carbocycles. The van der Waals surface area contributed by atoms with Crippen LogP contribution in [-0.4, -0.2) is 28.1 Å². The smallest absolute Gasteiger partial charge is 0.356 e. The molecule has 6 nitrogen and oxygen atoms in total. The van der Waals surface area contributed by atoms with Gasteiger partial charge in [-0.1, -0.05) is 0 Å². The molecule has 0 aliphatic carbocycles. The second-order valence-electron chi connectivity index (χ2n) is 3.95. The van der Waals surface area contributed by atoms with Gasteiger partial charge >= 0.3 is 5.97 Å². The van der Waals surface area contributed by atoms with Gasteiger partial charge in [-0.3, -0.25) is 0 Å². The number of anilines is 1. The minimum absolute atomic E-state index is 0.0682. The van der Waals surface area contributed by atoms with Crippen LogP contribution in [0.2, 0.25) is 0 Å². The first kappa shape index (κ1) is 12.1. The molecule has 0 atom stereocenters. The molecule has 6 heteroatoms. The molecule has 2 aromatic heterocycles. The number of rotatable bonds is 4. The van der Waals surface area contributed by atoms with Gasteiger partial charge < -0.3 is 14.4 Å². The van der Waals surface area contributed by atoms with Gasteiger partial charge in [0.15, 0.2) is 5.69 Å². The SMILES string of the molecule is Cc1ccoc1CN(C)c1cnc(C(=O)O)cn1. The fourth-order valence-electron chi connectivity index (χ4n) is 1.49. The molecule has 0 amide bonds. The average molecular weight is 247 g/mol. The van der Waals surface area contributed by atoms with Gasteiger partial charge in [0.05, 0.1) is 25.2 Å². The zero-order valence-electron chi connectivity index (χ0n) is 10.1. The maximum Gasteiger partial charge on any atom is 0.356 e. The third-order valence-electron chi connectivity index (χ3n) is 2.60. The summed E-state index contributed by atoms with van der Waals surface area (Å²) in [4.78, 5) is 20.4. The maximum absolute atomic E-state index is 10.7. The Balaban J connectivity index is 2.12. The van der Waals surface area contributed by atoms with Crippen LogP contribution in [0.4, 0.5) is 5.82 Å². The highest BCUT2D eigenvalue weighted by atomic mass is 16.4. The number of carboxylic acid groups (broad SMARTS) is 1. The van der Waals surface area contributed by atoms with Crippen LogP contribution >= 0.6 is 0 Å². The predicted octanol–water partition coefficient (Wildman–Crippen LogP) is 1.71. The highest BCUT2D eigenvalue weighted by Gasteiger charge is 2.10. The van der Waals surface area contributed by atoms with Gasteiger partial charge in [-0.05, 0) is 18.6 Å². The predicted molar refractivity (Wildman–Crippen MR) is 64.5 cm³/mol. The van der Waals surface area contributed by atoms with Crippen LogP contribution < -0.4 is 4.90 Å². The van der Waals surface area contributed by atoms with Crippen LogP contribution in [-0.2, 0) is 6.54 Å². The number of carboxylic acids is 1. The molecule has 0 aliphatic heterocycles. The minimum atomic E-state index is -1.08. The average Bonchev–Trinajstić information content (AvgIpc) is 2.75. The molecule has 0 fully saturated rings. The van der Waals surface area contributed by atoms with E-state index < -0.39 is 5.97 Å². The molecule has 2 rings (SSSR count). The molecular weight excluding hydrogens is 234 g/mol. The molecule has 2 aromatic rings. The van der Waals surface area contributed by atoms with Crippen molar-refractivity contribution >= 4 is 11.8 Å². The van der Waals surface area contributed by atoms with Crippen molar-refractivity contribution in [1.82, 2.24) is 9.97 Å². The van der Waals surface area contributed by atoms with Gasteiger partial charge in [-0.25, -0.2) is 14.8 Å². The number of hydrogen-bond donors (Lipinski definition) is 1. The molecule has 0 saturated carbocycles. The van der Waals surface area contributed by atoms with Crippen molar-refractivity contribution in [2.45, 2.75) is 13.5 Å². The second-order valence-corrected chi connectivity index (χ2v) is 3.95. The first-order valence-corrected chi connectivity index (χ1v) is 5.37. The van der Waals surface area contributed by atoms with E-state index in [4.69, 9.17) is 9.52 Å². The lowest BCUT2D eigenvalue weighted by atomic mass is 10.3. The summed E-state index contributed by atoms with van der Waals surface area (Å²) in [5.74, 6) is 0.357. The zero-order valence-corrected chi connectivity index (χ0v) is 10.1. The maximum atomic E-state index is 10.7. The third-order valence-corrected chi connectivity index (χ3v) is 2.60. The molecule has 0 spiro atoms. The number of aromatic carboxylic acids is 1. The second kappa shape index (κ2) is 4.87. The monoisotopic (exact) mass is 247 g/mol. The number of nitrogens with zero attached hydrogens (tertiary/aromatic N) is 3. The molecule has 0 bridgehead atoms. The molecule has 18 heavy (non-hydrogen) atoms. The van der Waals surface area contributed by atoms with E-state index in [0.29, 0.717) is 12.4 Å². The minimum Gasteiger partial charge on any atom is -0.476 e. The Labute approximate surface area is 104 Å². The van der Waals surface area contributed by atoms with E-state index in [1.807, 2.05) is 24.9 Å². The van der Waals surface area contributed by atoms with Crippen LogP contribution in [0.5, 0.6) is 0 Å².